The first-order chi connectivity index (χ1) is 7.88. The summed E-state index contributed by atoms with van der Waals surface area (Å²) in [6.45, 7) is -0.142. The van der Waals surface area contributed by atoms with E-state index in [0.717, 1.165) is 6.07 Å². The minimum atomic E-state index is -3.75. The maximum atomic E-state index is 11.7. The highest BCUT2D eigenvalue weighted by atomic mass is 127. The number of carbonyl (C=O) groups is 1. The van der Waals surface area contributed by atoms with E-state index in [1.54, 1.807) is 0 Å². The van der Waals surface area contributed by atoms with Crippen LogP contribution in [0.2, 0.25) is 0 Å². The Bertz CT molecular complexity index is 589. The third-order valence-electron chi connectivity index (χ3n) is 1.84. The van der Waals surface area contributed by atoms with E-state index in [9.17, 15) is 13.2 Å². The molecular weight excluding hydrogens is 357 g/mol. The number of hydrogen-bond donors (Lipinski definition) is 2. The summed E-state index contributed by atoms with van der Waals surface area (Å²) in [5, 5.41) is 8.88. The number of carboxylic acid groups (broad SMARTS) is 1. The smallest absolute Gasteiger partial charge is 0.336 e. The molecular formula is C10H8INO4S. The molecule has 1 aromatic rings. The van der Waals surface area contributed by atoms with Gasteiger partial charge in [-0.2, -0.15) is 4.72 Å². The van der Waals surface area contributed by atoms with E-state index >= 15 is 0 Å². The summed E-state index contributed by atoms with van der Waals surface area (Å²) in [7, 11) is -3.75. The molecule has 90 valence electrons. The SMILES string of the molecule is C#CCNS(=O)(=O)c1ccc(I)c(C(=O)O)c1. The van der Waals surface area contributed by atoms with Crippen molar-refractivity contribution in [2.75, 3.05) is 6.54 Å². The molecule has 0 heterocycles. The summed E-state index contributed by atoms with van der Waals surface area (Å²) in [5.74, 6) is 0.957. The van der Waals surface area contributed by atoms with E-state index in [0.29, 0.717) is 3.57 Å². The molecule has 17 heavy (non-hydrogen) atoms. The highest BCUT2D eigenvalue weighted by Gasteiger charge is 2.17. The molecule has 0 spiro atoms. The van der Waals surface area contributed by atoms with Crippen molar-refractivity contribution in [2.45, 2.75) is 4.90 Å². The Morgan fingerprint density at radius 3 is 2.71 bits per heavy atom. The molecule has 0 saturated heterocycles. The molecule has 5 nitrogen and oxygen atoms in total. The Kier molecular flexibility index (Phi) is 4.50. The molecule has 0 aliphatic rings. The molecule has 0 aliphatic carbocycles. The van der Waals surface area contributed by atoms with Gasteiger partial charge in [0.2, 0.25) is 10.0 Å². The van der Waals surface area contributed by atoms with Gasteiger partial charge in [-0.05, 0) is 40.8 Å². The van der Waals surface area contributed by atoms with Crippen LogP contribution < -0.4 is 4.72 Å². The lowest BCUT2D eigenvalue weighted by Crippen LogP contribution is -2.24. The van der Waals surface area contributed by atoms with Gasteiger partial charge in [-0.3, -0.25) is 0 Å². The number of nitrogens with one attached hydrogen (secondary N) is 1. The fourth-order valence-electron chi connectivity index (χ4n) is 1.06. The summed E-state index contributed by atoms with van der Waals surface area (Å²) in [6, 6.07) is 3.85. The van der Waals surface area contributed by atoms with Gasteiger partial charge < -0.3 is 5.11 Å². The largest absolute Gasteiger partial charge is 0.478 e. The van der Waals surface area contributed by atoms with Crippen LogP contribution in [0.4, 0.5) is 0 Å². The second kappa shape index (κ2) is 5.48. The lowest BCUT2D eigenvalue weighted by atomic mass is 10.2. The lowest BCUT2D eigenvalue weighted by molar-refractivity contribution is 0.0695. The first-order valence-corrected chi connectivity index (χ1v) is 6.90. The van der Waals surface area contributed by atoms with Crippen LogP contribution in [-0.2, 0) is 10.0 Å². The number of terminal acetylenes is 1. The van der Waals surface area contributed by atoms with Gasteiger partial charge in [-0.1, -0.05) is 5.92 Å². The Hall–Kier alpha value is -1.11. The van der Waals surface area contributed by atoms with Crippen LogP contribution in [0.3, 0.4) is 0 Å². The van der Waals surface area contributed by atoms with Gasteiger partial charge in [0.25, 0.3) is 0 Å². The molecule has 0 bridgehead atoms. The summed E-state index contributed by atoms with van der Waals surface area (Å²) in [6.07, 6.45) is 4.94. The molecule has 0 radical (unpaired) electrons. The molecule has 0 atom stereocenters. The molecule has 0 amide bonds. The van der Waals surface area contributed by atoms with Gasteiger partial charge in [0, 0.05) is 3.57 Å². The van der Waals surface area contributed by atoms with Crippen LogP contribution in [0.5, 0.6) is 0 Å². The second-order valence-electron chi connectivity index (χ2n) is 2.98. The summed E-state index contributed by atoms with van der Waals surface area (Å²) in [4.78, 5) is 10.7. The predicted molar refractivity (Wildman–Crippen MR) is 70.1 cm³/mol. The first-order valence-electron chi connectivity index (χ1n) is 4.34. The van der Waals surface area contributed by atoms with Gasteiger partial charge >= 0.3 is 5.97 Å². The molecule has 0 fully saturated rings. The molecule has 7 heteroatoms. The van der Waals surface area contributed by atoms with Crippen molar-refractivity contribution in [3.8, 4) is 12.3 Å². The molecule has 1 rings (SSSR count). The highest BCUT2D eigenvalue weighted by Crippen LogP contribution is 2.17. The Morgan fingerprint density at radius 2 is 2.18 bits per heavy atom. The van der Waals surface area contributed by atoms with E-state index in [-0.39, 0.29) is 17.0 Å². The Labute approximate surface area is 112 Å². The molecule has 0 aliphatic heterocycles. The second-order valence-corrected chi connectivity index (χ2v) is 5.90. The zero-order valence-corrected chi connectivity index (χ0v) is 11.4. The number of aromatic carboxylic acids is 1. The van der Waals surface area contributed by atoms with Gasteiger partial charge in [0.15, 0.2) is 0 Å². The summed E-state index contributed by atoms with van der Waals surface area (Å²) < 4.78 is 26.0. The van der Waals surface area contributed by atoms with Crippen molar-refractivity contribution in [1.82, 2.24) is 4.72 Å². The molecule has 0 saturated carbocycles. The maximum absolute atomic E-state index is 11.7. The number of benzene rings is 1. The first kappa shape index (κ1) is 14.0. The third-order valence-corrected chi connectivity index (χ3v) is 4.18. The van der Waals surface area contributed by atoms with Crippen LogP contribution in [-0.4, -0.2) is 26.0 Å². The minimum absolute atomic E-state index is 0.0609. The molecule has 0 aromatic heterocycles. The van der Waals surface area contributed by atoms with Gasteiger partial charge in [-0.15, -0.1) is 6.42 Å². The van der Waals surface area contributed by atoms with Crippen LogP contribution in [0.25, 0.3) is 0 Å². The zero-order chi connectivity index (χ0) is 13.1. The number of halogens is 1. The number of hydrogen-bond acceptors (Lipinski definition) is 3. The van der Waals surface area contributed by atoms with Gasteiger partial charge in [-0.25, -0.2) is 13.2 Å². The normalized spacial score (nSPS) is 10.8. The topological polar surface area (TPSA) is 83.5 Å². The highest BCUT2D eigenvalue weighted by molar-refractivity contribution is 14.1. The molecule has 0 unspecified atom stereocenters. The lowest BCUT2D eigenvalue weighted by Gasteiger charge is -2.06. The molecule has 2 N–H and O–H groups in total. The monoisotopic (exact) mass is 365 g/mol. The van der Waals surface area contributed by atoms with E-state index in [1.165, 1.54) is 12.1 Å². The van der Waals surface area contributed by atoms with E-state index in [1.807, 2.05) is 22.6 Å². The van der Waals surface area contributed by atoms with Crippen molar-refractivity contribution in [3.05, 3.63) is 27.3 Å². The summed E-state index contributed by atoms with van der Waals surface area (Å²) >= 11 is 1.82. The average Bonchev–Trinajstić information content (AvgIpc) is 2.26. The van der Waals surface area contributed by atoms with Crippen molar-refractivity contribution >= 4 is 38.6 Å². The number of carboxylic acids is 1. The fourth-order valence-corrected chi connectivity index (χ4v) is 2.58. The maximum Gasteiger partial charge on any atom is 0.336 e. The Balaban J connectivity index is 3.21. The predicted octanol–water partition coefficient (Wildman–Crippen LogP) is 0.901. The van der Waals surface area contributed by atoms with Gasteiger partial charge in [0.05, 0.1) is 17.0 Å². The Morgan fingerprint density at radius 1 is 1.53 bits per heavy atom. The average molecular weight is 365 g/mol. The van der Waals surface area contributed by atoms with Crippen molar-refractivity contribution in [2.24, 2.45) is 0 Å². The van der Waals surface area contributed by atoms with Crippen molar-refractivity contribution in [1.29, 1.82) is 0 Å². The van der Waals surface area contributed by atoms with Crippen molar-refractivity contribution < 1.29 is 18.3 Å². The fraction of sp³-hybridized carbons (Fsp3) is 0.100. The van der Waals surface area contributed by atoms with Crippen LogP contribution in [0.1, 0.15) is 10.4 Å². The third kappa shape index (κ3) is 3.42. The number of rotatable bonds is 4. The summed E-state index contributed by atoms with van der Waals surface area (Å²) in [5.41, 5.74) is -0.0609. The van der Waals surface area contributed by atoms with Crippen molar-refractivity contribution in [3.63, 3.8) is 0 Å². The standard InChI is InChI=1S/C10H8INO4S/c1-2-5-12-17(15,16)7-3-4-9(11)8(6-7)10(13)14/h1,3-4,6,12H,5H2,(H,13,14). The van der Waals surface area contributed by atoms with E-state index < -0.39 is 16.0 Å². The van der Waals surface area contributed by atoms with Crippen LogP contribution in [0, 0.1) is 15.9 Å². The zero-order valence-electron chi connectivity index (χ0n) is 8.47. The quantitative estimate of drug-likeness (QED) is 0.614. The molecule has 1 aromatic carbocycles. The van der Waals surface area contributed by atoms with Crippen LogP contribution >= 0.6 is 22.6 Å². The van der Waals surface area contributed by atoms with E-state index in [2.05, 4.69) is 10.6 Å². The number of sulfonamides is 1. The van der Waals surface area contributed by atoms with Gasteiger partial charge in [0.1, 0.15) is 0 Å². The minimum Gasteiger partial charge on any atom is -0.478 e. The van der Waals surface area contributed by atoms with E-state index in [4.69, 9.17) is 11.5 Å². The van der Waals surface area contributed by atoms with Crippen LogP contribution in [0.15, 0.2) is 23.1 Å².